The third-order valence-corrected chi connectivity index (χ3v) is 2.28. The minimum absolute atomic E-state index is 0.147. The fourth-order valence-electron chi connectivity index (χ4n) is 1.45. The quantitative estimate of drug-likeness (QED) is 0.740. The Hall–Kier alpha value is -0.860. The first-order valence-corrected chi connectivity index (χ1v) is 5.72. The van der Waals surface area contributed by atoms with Crippen LogP contribution < -0.4 is 0 Å². The molecule has 2 unspecified atom stereocenters. The van der Waals surface area contributed by atoms with Crippen LogP contribution in [0.2, 0.25) is 0 Å². The van der Waals surface area contributed by atoms with Crippen LogP contribution in [-0.2, 0) is 9.47 Å². The lowest BCUT2D eigenvalue weighted by Crippen LogP contribution is -2.06. The van der Waals surface area contributed by atoms with Gasteiger partial charge in [-0.2, -0.15) is 0 Å². The van der Waals surface area contributed by atoms with E-state index >= 15 is 0 Å². The summed E-state index contributed by atoms with van der Waals surface area (Å²) < 4.78 is 11.2. The van der Waals surface area contributed by atoms with Gasteiger partial charge in [-0.25, -0.2) is 0 Å². The second kappa shape index (κ2) is 6.59. The van der Waals surface area contributed by atoms with Gasteiger partial charge in [0.2, 0.25) is 0 Å². The highest BCUT2D eigenvalue weighted by molar-refractivity contribution is 5.16. The van der Waals surface area contributed by atoms with Crippen molar-refractivity contribution < 1.29 is 9.47 Å². The molecule has 1 aliphatic rings. The first-order chi connectivity index (χ1) is 7.40. The lowest BCUT2D eigenvalue weighted by Gasteiger charge is -2.09. The van der Waals surface area contributed by atoms with Crippen LogP contribution in [0.3, 0.4) is 0 Å². The van der Waals surface area contributed by atoms with Crippen molar-refractivity contribution in [2.75, 3.05) is 6.61 Å². The van der Waals surface area contributed by atoms with E-state index < -0.39 is 0 Å². The van der Waals surface area contributed by atoms with E-state index in [1.165, 1.54) is 0 Å². The average Bonchev–Trinajstić information content (AvgIpc) is 2.81. The molecule has 1 saturated heterocycles. The maximum Gasteiger partial charge on any atom is 0.184 e. The van der Waals surface area contributed by atoms with Crippen LogP contribution in [-0.4, -0.2) is 12.7 Å². The predicted molar refractivity (Wildman–Crippen MR) is 61.6 cm³/mol. The van der Waals surface area contributed by atoms with Gasteiger partial charge in [0.25, 0.3) is 0 Å². The van der Waals surface area contributed by atoms with E-state index in [1.807, 2.05) is 44.2 Å². The number of rotatable bonds is 2. The summed E-state index contributed by atoms with van der Waals surface area (Å²) in [4.78, 5) is 0. The molecule has 1 aromatic carbocycles. The third-order valence-electron chi connectivity index (χ3n) is 2.28. The molecule has 0 aromatic heterocycles. The molecular formula is C13H20O2. The molecule has 84 valence electrons. The van der Waals surface area contributed by atoms with Gasteiger partial charge in [-0.1, -0.05) is 51.1 Å². The number of ether oxygens (including phenoxy) is 2. The number of benzene rings is 1. The highest BCUT2D eigenvalue weighted by Crippen LogP contribution is 2.27. The molecule has 0 bridgehead atoms. The molecule has 1 aliphatic heterocycles. The zero-order valence-electron chi connectivity index (χ0n) is 9.77. The Labute approximate surface area is 92.2 Å². The fraction of sp³-hybridized carbons (Fsp3) is 0.538. The van der Waals surface area contributed by atoms with E-state index in [1.54, 1.807) is 0 Å². The maximum absolute atomic E-state index is 5.67. The molecule has 2 nitrogen and oxygen atoms in total. The van der Waals surface area contributed by atoms with Crippen molar-refractivity contribution in [3.05, 3.63) is 35.9 Å². The van der Waals surface area contributed by atoms with Crippen LogP contribution in [0.15, 0.2) is 30.3 Å². The lowest BCUT2D eigenvalue weighted by molar-refractivity contribution is -0.0604. The minimum atomic E-state index is -0.147. The second-order valence-electron chi connectivity index (χ2n) is 3.24. The van der Waals surface area contributed by atoms with Crippen molar-refractivity contribution in [1.29, 1.82) is 0 Å². The first-order valence-electron chi connectivity index (χ1n) is 5.72. The topological polar surface area (TPSA) is 18.5 Å². The van der Waals surface area contributed by atoms with Gasteiger partial charge in [0.15, 0.2) is 6.29 Å². The number of hydrogen-bond acceptors (Lipinski definition) is 2. The predicted octanol–water partition coefficient (Wildman–Crippen LogP) is 3.54. The summed E-state index contributed by atoms with van der Waals surface area (Å²) in [6.07, 6.45) is 1.14. The van der Waals surface area contributed by atoms with E-state index in [0.717, 1.165) is 18.6 Å². The SMILES string of the molecule is CC.CCC1COC(c2ccccc2)O1. The summed E-state index contributed by atoms with van der Waals surface area (Å²) in [5.41, 5.74) is 1.11. The van der Waals surface area contributed by atoms with Gasteiger partial charge < -0.3 is 9.47 Å². The maximum atomic E-state index is 5.67. The first kappa shape index (κ1) is 12.2. The molecule has 0 N–H and O–H groups in total. The van der Waals surface area contributed by atoms with Crippen LogP contribution >= 0.6 is 0 Å². The summed E-state index contributed by atoms with van der Waals surface area (Å²) >= 11 is 0. The zero-order chi connectivity index (χ0) is 11.1. The van der Waals surface area contributed by atoms with E-state index in [2.05, 4.69) is 6.92 Å². The molecule has 1 fully saturated rings. The zero-order valence-corrected chi connectivity index (χ0v) is 9.77. The molecule has 1 aromatic rings. The molecule has 0 spiro atoms. The largest absolute Gasteiger partial charge is 0.346 e. The van der Waals surface area contributed by atoms with E-state index in [-0.39, 0.29) is 12.4 Å². The fourth-order valence-corrected chi connectivity index (χ4v) is 1.45. The molecule has 0 saturated carbocycles. The van der Waals surface area contributed by atoms with Crippen molar-refractivity contribution >= 4 is 0 Å². The summed E-state index contributed by atoms with van der Waals surface area (Å²) in [5.74, 6) is 0. The Kier molecular flexibility index (Phi) is 5.37. The van der Waals surface area contributed by atoms with E-state index in [9.17, 15) is 0 Å². The van der Waals surface area contributed by atoms with E-state index in [0.29, 0.717) is 0 Å². The third kappa shape index (κ3) is 3.33. The average molecular weight is 208 g/mol. The smallest absolute Gasteiger partial charge is 0.184 e. The highest BCUT2D eigenvalue weighted by Gasteiger charge is 2.25. The van der Waals surface area contributed by atoms with Crippen LogP contribution in [0, 0.1) is 0 Å². The van der Waals surface area contributed by atoms with Crippen molar-refractivity contribution in [2.45, 2.75) is 39.6 Å². The van der Waals surface area contributed by atoms with Gasteiger partial charge in [0.1, 0.15) is 0 Å². The summed E-state index contributed by atoms with van der Waals surface area (Å²) in [5, 5.41) is 0. The molecular weight excluding hydrogens is 188 g/mol. The monoisotopic (exact) mass is 208 g/mol. The van der Waals surface area contributed by atoms with Crippen molar-refractivity contribution in [3.8, 4) is 0 Å². The van der Waals surface area contributed by atoms with Crippen molar-refractivity contribution in [2.24, 2.45) is 0 Å². The molecule has 2 atom stereocenters. The van der Waals surface area contributed by atoms with Crippen LogP contribution in [0.1, 0.15) is 39.0 Å². The highest BCUT2D eigenvalue weighted by atomic mass is 16.7. The Bertz CT molecular complexity index is 258. The Balaban J connectivity index is 0.000000531. The standard InChI is InChI=1S/C11H14O2.C2H6/c1-2-10-8-12-11(13-10)9-6-4-3-5-7-9;1-2/h3-7,10-11H,2,8H2,1H3;1-2H3. The Morgan fingerprint density at radius 3 is 2.40 bits per heavy atom. The van der Waals surface area contributed by atoms with Gasteiger partial charge in [-0.3, -0.25) is 0 Å². The molecule has 0 radical (unpaired) electrons. The molecule has 15 heavy (non-hydrogen) atoms. The van der Waals surface area contributed by atoms with Crippen LogP contribution in [0.4, 0.5) is 0 Å². The van der Waals surface area contributed by atoms with Crippen molar-refractivity contribution in [3.63, 3.8) is 0 Å². The van der Waals surface area contributed by atoms with Crippen molar-refractivity contribution in [1.82, 2.24) is 0 Å². The molecule has 2 heteroatoms. The summed E-state index contributed by atoms with van der Waals surface area (Å²) in [6, 6.07) is 10.1. The van der Waals surface area contributed by atoms with Gasteiger partial charge in [0.05, 0.1) is 12.7 Å². The van der Waals surface area contributed by atoms with Gasteiger partial charge in [-0.05, 0) is 6.42 Å². The van der Waals surface area contributed by atoms with Gasteiger partial charge >= 0.3 is 0 Å². The van der Waals surface area contributed by atoms with Crippen LogP contribution in [0.5, 0.6) is 0 Å². The summed E-state index contributed by atoms with van der Waals surface area (Å²) in [6.45, 7) is 6.83. The Morgan fingerprint density at radius 2 is 1.87 bits per heavy atom. The van der Waals surface area contributed by atoms with E-state index in [4.69, 9.17) is 9.47 Å². The molecule has 0 aliphatic carbocycles. The second-order valence-corrected chi connectivity index (χ2v) is 3.24. The van der Waals surface area contributed by atoms with Gasteiger partial charge in [0, 0.05) is 5.56 Å². The van der Waals surface area contributed by atoms with Gasteiger partial charge in [-0.15, -0.1) is 0 Å². The summed E-state index contributed by atoms with van der Waals surface area (Å²) in [7, 11) is 0. The minimum Gasteiger partial charge on any atom is -0.346 e. The van der Waals surface area contributed by atoms with Crippen LogP contribution in [0.25, 0.3) is 0 Å². The Morgan fingerprint density at radius 1 is 1.20 bits per heavy atom. The molecule has 0 amide bonds. The molecule has 1 heterocycles. The number of hydrogen-bond donors (Lipinski definition) is 0. The molecule has 2 rings (SSSR count). The normalized spacial score (nSPS) is 24.5. The lowest BCUT2D eigenvalue weighted by atomic mass is 10.2.